The first-order chi connectivity index (χ1) is 9.62. The highest BCUT2D eigenvalue weighted by Crippen LogP contribution is 2.30. The van der Waals surface area contributed by atoms with Crippen molar-refractivity contribution in [3.63, 3.8) is 0 Å². The van der Waals surface area contributed by atoms with Crippen LogP contribution < -0.4 is 0 Å². The second-order valence-electron chi connectivity index (χ2n) is 6.15. The van der Waals surface area contributed by atoms with Crippen LogP contribution in [0.3, 0.4) is 0 Å². The zero-order chi connectivity index (χ0) is 15.9. The first-order valence-corrected chi connectivity index (χ1v) is 7.39. The van der Waals surface area contributed by atoms with Crippen molar-refractivity contribution in [2.24, 2.45) is 0 Å². The zero-order valence-electron chi connectivity index (χ0n) is 12.7. The van der Waals surface area contributed by atoms with Gasteiger partial charge in [0.25, 0.3) is 0 Å². The Morgan fingerprint density at radius 2 is 1.76 bits per heavy atom. The number of carboxylic acids is 1. The van der Waals surface area contributed by atoms with E-state index in [9.17, 15) is 9.90 Å². The number of halogens is 1. The summed E-state index contributed by atoms with van der Waals surface area (Å²) in [5, 5.41) is 17.2. The molecule has 112 valence electrons. The van der Waals surface area contributed by atoms with E-state index in [0.717, 1.165) is 21.3 Å². The largest absolute Gasteiger partial charge is 0.476 e. The van der Waals surface area contributed by atoms with Gasteiger partial charge in [-0.3, -0.25) is 0 Å². The number of aryl methyl sites for hydroxylation is 2. The molecule has 2 aromatic rings. The fourth-order valence-corrected chi connectivity index (χ4v) is 2.55. The molecule has 0 saturated heterocycles. The maximum atomic E-state index is 11.4. The minimum absolute atomic E-state index is 0.000671. The van der Waals surface area contributed by atoms with E-state index in [1.165, 1.54) is 0 Å². The molecule has 2 rings (SSSR count). The van der Waals surface area contributed by atoms with Gasteiger partial charge < -0.3 is 5.11 Å². The van der Waals surface area contributed by atoms with Crippen molar-refractivity contribution in [3.05, 3.63) is 39.1 Å². The second-order valence-corrected chi connectivity index (χ2v) is 6.94. The lowest BCUT2D eigenvalue weighted by Gasteiger charge is -2.21. The molecule has 1 aromatic carbocycles. The predicted octanol–water partition coefficient (Wildman–Crippen LogP) is 3.64. The Morgan fingerprint density at radius 1 is 1.24 bits per heavy atom. The number of nitrogens with zero attached hydrogens (tertiary/aromatic N) is 3. The van der Waals surface area contributed by atoms with Gasteiger partial charge in [-0.1, -0.05) is 41.9 Å². The zero-order valence-corrected chi connectivity index (χ0v) is 14.3. The lowest BCUT2D eigenvalue weighted by molar-refractivity contribution is 0.0687. The van der Waals surface area contributed by atoms with Gasteiger partial charge in [-0.25, -0.2) is 9.48 Å². The van der Waals surface area contributed by atoms with Gasteiger partial charge in [-0.2, -0.15) is 0 Å². The van der Waals surface area contributed by atoms with Crippen molar-refractivity contribution in [2.75, 3.05) is 0 Å². The fraction of sp³-hybridized carbons (Fsp3) is 0.400. The van der Waals surface area contributed by atoms with Crippen LogP contribution in [-0.2, 0) is 5.41 Å². The highest BCUT2D eigenvalue weighted by Gasteiger charge is 2.29. The Hall–Kier alpha value is -1.69. The molecule has 0 fully saturated rings. The highest BCUT2D eigenvalue weighted by atomic mass is 79.9. The van der Waals surface area contributed by atoms with Gasteiger partial charge in [-0.15, -0.1) is 5.10 Å². The van der Waals surface area contributed by atoms with E-state index >= 15 is 0 Å². The molecule has 0 saturated carbocycles. The molecule has 1 aromatic heterocycles. The standard InChI is InChI=1S/C15H18BrN3O2/c1-8-6-10(7-9(2)11(8)16)19-13(15(3,4)5)12(14(20)21)17-18-19/h6-7H,1-5H3,(H,20,21). The molecule has 0 atom stereocenters. The van der Waals surface area contributed by atoms with Crippen LogP contribution in [0.15, 0.2) is 16.6 Å². The minimum Gasteiger partial charge on any atom is -0.476 e. The summed E-state index contributed by atoms with van der Waals surface area (Å²) in [7, 11) is 0. The molecule has 0 radical (unpaired) electrons. The normalized spacial score (nSPS) is 11.7. The van der Waals surface area contributed by atoms with Crippen LogP contribution in [0.2, 0.25) is 0 Å². The van der Waals surface area contributed by atoms with E-state index in [0.29, 0.717) is 5.69 Å². The van der Waals surface area contributed by atoms with Crippen LogP contribution >= 0.6 is 15.9 Å². The molecule has 0 spiro atoms. The SMILES string of the molecule is Cc1cc(-n2nnc(C(=O)O)c2C(C)(C)C)cc(C)c1Br. The molecular weight excluding hydrogens is 334 g/mol. The van der Waals surface area contributed by atoms with E-state index in [2.05, 4.69) is 26.2 Å². The number of hydrogen-bond acceptors (Lipinski definition) is 3. The van der Waals surface area contributed by atoms with Gasteiger partial charge in [-0.05, 0) is 37.1 Å². The Morgan fingerprint density at radius 3 is 2.19 bits per heavy atom. The van der Waals surface area contributed by atoms with Crippen molar-refractivity contribution in [2.45, 2.75) is 40.0 Å². The summed E-state index contributed by atoms with van der Waals surface area (Å²) in [5.41, 5.74) is 3.16. The molecular formula is C15H18BrN3O2. The Kier molecular flexibility index (Phi) is 3.93. The molecule has 0 aliphatic heterocycles. The summed E-state index contributed by atoms with van der Waals surface area (Å²) >= 11 is 3.53. The minimum atomic E-state index is -1.06. The van der Waals surface area contributed by atoms with Crippen LogP contribution in [0, 0.1) is 13.8 Å². The molecule has 1 heterocycles. The van der Waals surface area contributed by atoms with E-state index in [1.807, 2.05) is 46.8 Å². The third-order valence-electron chi connectivity index (χ3n) is 3.25. The molecule has 0 bridgehead atoms. The summed E-state index contributed by atoms with van der Waals surface area (Å²) in [5.74, 6) is -1.06. The van der Waals surface area contributed by atoms with E-state index in [-0.39, 0.29) is 11.1 Å². The van der Waals surface area contributed by atoms with Gasteiger partial charge in [0.05, 0.1) is 11.4 Å². The van der Waals surface area contributed by atoms with Crippen LogP contribution in [0.25, 0.3) is 5.69 Å². The fourth-order valence-electron chi connectivity index (χ4n) is 2.32. The Labute approximate surface area is 132 Å². The lowest BCUT2D eigenvalue weighted by Crippen LogP contribution is -2.21. The number of aromatic nitrogens is 3. The first kappa shape index (κ1) is 15.7. The van der Waals surface area contributed by atoms with E-state index in [4.69, 9.17) is 0 Å². The topological polar surface area (TPSA) is 68.0 Å². The smallest absolute Gasteiger partial charge is 0.358 e. The number of carbonyl (C=O) groups is 1. The molecule has 5 nitrogen and oxygen atoms in total. The highest BCUT2D eigenvalue weighted by molar-refractivity contribution is 9.10. The monoisotopic (exact) mass is 351 g/mol. The van der Waals surface area contributed by atoms with Crippen LogP contribution in [0.5, 0.6) is 0 Å². The molecule has 21 heavy (non-hydrogen) atoms. The van der Waals surface area contributed by atoms with Gasteiger partial charge in [0.1, 0.15) is 0 Å². The Bertz CT molecular complexity index is 691. The maximum absolute atomic E-state index is 11.4. The number of aromatic carboxylic acids is 1. The molecule has 0 aliphatic carbocycles. The number of benzene rings is 1. The van der Waals surface area contributed by atoms with E-state index in [1.54, 1.807) is 4.68 Å². The van der Waals surface area contributed by atoms with Crippen molar-refractivity contribution in [1.82, 2.24) is 15.0 Å². The predicted molar refractivity (Wildman–Crippen MR) is 84.2 cm³/mol. The third-order valence-corrected chi connectivity index (χ3v) is 4.50. The Balaban J connectivity index is 2.73. The van der Waals surface area contributed by atoms with Gasteiger partial charge in [0.2, 0.25) is 0 Å². The summed E-state index contributed by atoms with van der Waals surface area (Å²) in [6, 6.07) is 3.93. The summed E-state index contributed by atoms with van der Waals surface area (Å²) in [6.45, 7) is 9.84. The van der Waals surface area contributed by atoms with Gasteiger partial charge in [0, 0.05) is 9.89 Å². The molecule has 0 amide bonds. The van der Waals surface area contributed by atoms with Crippen molar-refractivity contribution >= 4 is 21.9 Å². The van der Waals surface area contributed by atoms with Gasteiger partial charge >= 0.3 is 5.97 Å². The lowest BCUT2D eigenvalue weighted by atomic mass is 9.90. The summed E-state index contributed by atoms with van der Waals surface area (Å²) in [4.78, 5) is 11.4. The first-order valence-electron chi connectivity index (χ1n) is 6.59. The van der Waals surface area contributed by atoms with Crippen molar-refractivity contribution < 1.29 is 9.90 Å². The van der Waals surface area contributed by atoms with Gasteiger partial charge in [0.15, 0.2) is 5.69 Å². The van der Waals surface area contributed by atoms with Crippen molar-refractivity contribution in [3.8, 4) is 5.69 Å². The summed E-state index contributed by atoms with van der Waals surface area (Å²) < 4.78 is 2.66. The van der Waals surface area contributed by atoms with Crippen molar-refractivity contribution in [1.29, 1.82) is 0 Å². The maximum Gasteiger partial charge on any atom is 0.358 e. The van der Waals surface area contributed by atoms with Crippen LogP contribution in [0.1, 0.15) is 48.1 Å². The number of hydrogen-bond donors (Lipinski definition) is 1. The van der Waals surface area contributed by atoms with Crippen LogP contribution in [-0.4, -0.2) is 26.1 Å². The molecule has 0 unspecified atom stereocenters. The number of carboxylic acid groups (broad SMARTS) is 1. The average Bonchev–Trinajstić information content (AvgIpc) is 2.79. The molecule has 6 heteroatoms. The molecule has 0 aliphatic rings. The molecule has 1 N–H and O–H groups in total. The van der Waals surface area contributed by atoms with E-state index < -0.39 is 5.97 Å². The average molecular weight is 352 g/mol. The number of rotatable bonds is 2. The quantitative estimate of drug-likeness (QED) is 0.896. The van der Waals surface area contributed by atoms with Crippen LogP contribution in [0.4, 0.5) is 0 Å². The second kappa shape index (κ2) is 5.26. The summed E-state index contributed by atoms with van der Waals surface area (Å²) in [6.07, 6.45) is 0. The third kappa shape index (κ3) is 2.85.